The highest BCUT2D eigenvalue weighted by Crippen LogP contribution is 2.20. The Morgan fingerprint density at radius 2 is 2.17 bits per heavy atom. The summed E-state index contributed by atoms with van der Waals surface area (Å²) in [6, 6.07) is 4.18. The highest BCUT2D eigenvalue weighted by molar-refractivity contribution is 5.84. The van der Waals surface area contributed by atoms with Gasteiger partial charge in [-0.2, -0.15) is 5.10 Å². The van der Waals surface area contributed by atoms with Gasteiger partial charge in [-0.1, -0.05) is 0 Å². The van der Waals surface area contributed by atoms with Gasteiger partial charge in [0, 0.05) is 11.6 Å². The van der Waals surface area contributed by atoms with E-state index in [1.807, 2.05) is 0 Å². The predicted molar refractivity (Wildman–Crippen MR) is 65.9 cm³/mol. The molecule has 0 unspecified atom stereocenters. The molecule has 8 nitrogen and oxygen atoms in total. The minimum atomic E-state index is -0.0778. The molecule has 1 heterocycles. The quantitative estimate of drug-likeness (QED) is 0.348. The molecule has 18 heavy (non-hydrogen) atoms. The molecule has 1 aromatic heterocycles. The second-order valence-electron chi connectivity index (χ2n) is 3.55. The Bertz CT molecular complexity index is 592. The van der Waals surface area contributed by atoms with Gasteiger partial charge in [0.1, 0.15) is 11.5 Å². The first-order chi connectivity index (χ1) is 8.58. The zero-order chi connectivity index (χ0) is 13.1. The maximum atomic E-state index is 9.51. The van der Waals surface area contributed by atoms with Crippen LogP contribution in [0, 0.1) is 6.92 Å². The molecule has 2 rings (SSSR count). The molecule has 0 atom stereocenters. The standard InChI is InChI=1S/C10H12N6O2/c1-6-13-15-10(16(6)11)14-12-5-7-2-3-8(17)4-9(7)18/h2-5,17-18H,11H2,1H3,(H,14,15)/b12-5+. The van der Waals surface area contributed by atoms with E-state index in [4.69, 9.17) is 10.9 Å². The van der Waals surface area contributed by atoms with Crippen LogP contribution in [0.4, 0.5) is 5.95 Å². The number of nitrogens with one attached hydrogen (secondary N) is 1. The van der Waals surface area contributed by atoms with E-state index in [1.54, 1.807) is 6.92 Å². The van der Waals surface area contributed by atoms with E-state index >= 15 is 0 Å². The summed E-state index contributed by atoms with van der Waals surface area (Å²) in [6.45, 7) is 1.70. The molecule has 94 valence electrons. The summed E-state index contributed by atoms with van der Waals surface area (Å²) in [5, 5.41) is 30.0. The summed E-state index contributed by atoms with van der Waals surface area (Å²) in [4.78, 5) is 0. The smallest absolute Gasteiger partial charge is 0.263 e. The lowest BCUT2D eigenvalue weighted by molar-refractivity contribution is 0.450. The van der Waals surface area contributed by atoms with Gasteiger partial charge in [-0.05, 0) is 19.1 Å². The zero-order valence-electron chi connectivity index (χ0n) is 9.57. The van der Waals surface area contributed by atoms with Crippen LogP contribution >= 0.6 is 0 Å². The average molecular weight is 248 g/mol. The van der Waals surface area contributed by atoms with Crippen molar-refractivity contribution in [3.05, 3.63) is 29.6 Å². The second-order valence-corrected chi connectivity index (χ2v) is 3.55. The number of nitrogens with two attached hydrogens (primary N) is 1. The SMILES string of the molecule is Cc1nnc(N/N=C/c2ccc(O)cc2O)n1N. The maximum Gasteiger partial charge on any atom is 0.263 e. The van der Waals surface area contributed by atoms with Crippen molar-refractivity contribution >= 4 is 12.2 Å². The third-order valence-corrected chi connectivity index (χ3v) is 2.25. The summed E-state index contributed by atoms with van der Waals surface area (Å²) in [6.07, 6.45) is 1.37. The lowest BCUT2D eigenvalue weighted by Crippen LogP contribution is -2.13. The van der Waals surface area contributed by atoms with Crippen molar-refractivity contribution in [3.63, 3.8) is 0 Å². The van der Waals surface area contributed by atoms with Gasteiger partial charge in [-0.15, -0.1) is 10.2 Å². The van der Waals surface area contributed by atoms with Gasteiger partial charge in [-0.25, -0.2) is 10.1 Å². The van der Waals surface area contributed by atoms with Crippen LogP contribution in [-0.4, -0.2) is 31.3 Å². The molecular weight excluding hydrogens is 236 g/mol. The molecule has 5 N–H and O–H groups in total. The summed E-state index contributed by atoms with van der Waals surface area (Å²) in [5.74, 6) is 6.33. The number of phenolic OH excluding ortho intramolecular Hbond substituents is 2. The van der Waals surface area contributed by atoms with Gasteiger partial charge in [0.15, 0.2) is 5.82 Å². The van der Waals surface area contributed by atoms with E-state index in [1.165, 1.54) is 29.1 Å². The topological polar surface area (TPSA) is 122 Å². The third-order valence-electron chi connectivity index (χ3n) is 2.25. The van der Waals surface area contributed by atoms with Crippen molar-refractivity contribution in [2.75, 3.05) is 11.3 Å². The van der Waals surface area contributed by atoms with Crippen LogP contribution < -0.4 is 11.3 Å². The molecule has 0 aliphatic rings. The number of nitrogens with zero attached hydrogens (tertiary/aromatic N) is 4. The third kappa shape index (κ3) is 2.32. The Hall–Kier alpha value is -2.77. The number of aromatic nitrogens is 3. The Labute approximate surface area is 102 Å². The van der Waals surface area contributed by atoms with E-state index < -0.39 is 0 Å². The van der Waals surface area contributed by atoms with Gasteiger partial charge >= 0.3 is 0 Å². The van der Waals surface area contributed by atoms with Crippen molar-refractivity contribution < 1.29 is 10.2 Å². The van der Waals surface area contributed by atoms with Crippen LogP contribution in [0.1, 0.15) is 11.4 Å². The largest absolute Gasteiger partial charge is 0.508 e. The molecule has 0 aliphatic carbocycles. The lowest BCUT2D eigenvalue weighted by atomic mass is 10.2. The number of rotatable bonds is 3. The Morgan fingerprint density at radius 1 is 1.39 bits per heavy atom. The normalized spacial score (nSPS) is 10.9. The van der Waals surface area contributed by atoms with Crippen molar-refractivity contribution in [3.8, 4) is 11.5 Å². The molecule has 0 fully saturated rings. The van der Waals surface area contributed by atoms with Crippen molar-refractivity contribution in [2.45, 2.75) is 6.92 Å². The molecule has 0 amide bonds. The fourth-order valence-corrected chi connectivity index (χ4v) is 1.25. The van der Waals surface area contributed by atoms with Crippen LogP contribution in [0.2, 0.25) is 0 Å². The van der Waals surface area contributed by atoms with Crippen LogP contribution in [0.3, 0.4) is 0 Å². The summed E-state index contributed by atoms with van der Waals surface area (Å²) in [5.41, 5.74) is 3.03. The van der Waals surface area contributed by atoms with E-state index in [-0.39, 0.29) is 17.4 Å². The molecule has 0 bridgehead atoms. The predicted octanol–water partition coefficient (Wildman–Crippen LogP) is 0.158. The number of hydrazone groups is 1. The summed E-state index contributed by atoms with van der Waals surface area (Å²) >= 11 is 0. The van der Waals surface area contributed by atoms with Gasteiger partial charge in [0.2, 0.25) is 0 Å². The highest BCUT2D eigenvalue weighted by Gasteiger charge is 2.03. The first-order valence-corrected chi connectivity index (χ1v) is 5.06. The number of hydrogen-bond donors (Lipinski definition) is 4. The van der Waals surface area contributed by atoms with E-state index in [2.05, 4.69) is 20.7 Å². The molecule has 2 aromatic rings. The number of anilines is 1. The number of nitrogen functional groups attached to an aromatic ring is 1. The minimum Gasteiger partial charge on any atom is -0.508 e. The molecule has 0 saturated heterocycles. The summed E-state index contributed by atoms with van der Waals surface area (Å²) < 4.78 is 1.24. The monoisotopic (exact) mass is 248 g/mol. The van der Waals surface area contributed by atoms with Gasteiger partial charge in [0.05, 0.1) is 6.21 Å². The maximum absolute atomic E-state index is 9.51. The molecule has 0 aliphatic heterocycles. The summed E-state index contributed by atoms with van der Waals surface area (Å²) in [7, 11) is 0. The van der Waals surface area contributed by atoms with E-state index in [0.29, 0.717) is 11.4 Å². The highest BCUT2D eigenvalue weighted by atomic mass is 16.3. The number of hydrogen-bond acceptors (Lipinski definition) is 7. The van der Waals surface area contributed by atoms with Gasteiger partial charge in [0.25, 0.3) is 5.95 Å². The average Bonchev–Trinajstić information content (AvgIpc) is 2.64. The van der Waals surface area contributed by atoms with Crippen molar-refractivity contribution in [1.29, 1.82) is 0 Å². The fraction of sp³-hybridized carbons (Fsp3) is 0.100. The Kier molecular flexibility index (Phi) is 3.00. The number of aromatic hydroxyl groups is 2. The second kappa shape index (κ2) is 4.62. The fourth-order valence-electron chi connectivity index (χ4n) is 1.25. The Morgan fingerprint density at radius 3 is 2.78 bits per heavy atom. The van der Waals surface area contributed by atoms with E-state index in [9.17, 15) is 5.11 Å². The van der Waals surface area contributed by atoms with E-state index in [0.717, 1.165) is 0 Å². The molecule has 0 saturated carbocycles. The van der Waals surface area contributed by atoms with Crippen LogP contribution in [-0.2, 0) is 0 Å². The molecule has 1 aromatic carbocycles. The van der Waals surface area contributed by atoms with Crippen molar-refractivity contribution in [2.24, 2.45) is 5.10 Å². The first-order valence-electron chi connectivity index (χ1n) is 5.06. The number of benzene rings is 1. The minimum absolute atomic E-state index is 0.0186. The lowest BCUT2D eigenvalue weighted by Gasteiger charge is -2.01. The van der Waals surface area contributed by atoms with Gasteiger partial charge in [-0.3, -0.25) is 0 Å². The molecule has 0 spiro atoms. The van der Waals surface area contributed by atoms with Gasteiger partial charge < -0.3 is 16.1 Å². The molecule has 8 heteroatoms. The van der Waals surface area contributed by atoms with Crippen LogP contribution in [0.25, 0.3) is 0 Å². The Balaban J connectivity index is 2.10. The zero-order valence-corrected chi connectivity index (χ0v) is 9.57. The van der Waals surface area contributed by atoms with Crippen molar-refractivity contribution in [1.82, 2.24) is 14.9 Å². The number of phenols is 2. The first kappa shape index (κ1) is 11.7. The molecule has 0 radical (unpaired) electrons. The molecular formula is C10H12N6O2. The number of aryl methyl sites for hydroxylation is 1. The van der Waals surface area contributed by atoms with Crippen LogP contribution in [0.5, 0.6) is 11.5 Å². The van der Waals surface area contributed by atoms with Crippen LogP contribution in [0.15, 0.2) is 23.3 Å².